The van der Waals surface area contributed by atoms with E-state index in [-0.39, 0.29) is 18.2 Å². The van der Waals surface area contributed by atoms with E-state index in [0.29, 0.717) is 0 Å². The van der Waals surface area contributed by atoms with Crippen LogP contribution in [-0.4, -0.2) is 18.2 Å². The maximum Gasteiger partial charge on any atom is 0.408 e. The van der Waals surface area contributed by atoms with Crippen molar-refractivity contribution in [2.75, 3.05) is 0 Å². The summed E-state index contributed by atoms with van der Waals surface area (Å²) in [5, 5.41) is 2.71. The van der Waals surface area contributed by atoms with Crippen molar-refractivity contribution in [2.24, 2.45) is 0 Å². The molecule has 0 aromatic heterocycles. The molecule has 0 radical (unpaired) electrons. The molecular weight excluding hydrogens is 154 g/mol. The van der Waals surface area contributed by atoms with Crippen LogP contribution < -0.4 is 5.32 Å². The molecule has 2 atom stereocenters. The molecule has 1 N–H and O–H groups in total. The first-order valence-electron chi connectivity index (χ1n) is 3.98. The highest BCUT2D eigenvalue weighted by Crippen LogP contribution is 2.13. The average Bonchev–Trinajstić information content (AvgIpc) is 2.33. The number of carbonyl (C=O) groups is 1. The first-order chi connectivity index (χ1) is 5.77. The topological polar surface area (TPSA) is 38.3 Å². The molecule has 1 saturated heterocycles. The third-order valence-electron chi connectivity index (χ3n) is 1.75. The minimum absolute atomic E-state index is 0.0474. The molecule has 3 nitrogen and oxygen atoms in total. The lowest BCUT2D eigenvalue weighted by Gasteiger charge is -2.09. The predicted molar refractivity (Wildman–Crippen MR) is 46.8 cm³/mol. The summed E-state index contributed by atoms with van der Waals surface area (Å²) in [6.07, 6.45) is 5.77. The zero-order chi connectivity index (χ0) is 8.97. The first kappa shape index (κ1) is 8.84. The van der Waals surface area contributed by atoms with Gasteiger partial charge in [-0.15, -0.1) is 6.58 Å². The monoisotopic (exact) mass is 167 g/mol. The molecule has 66 valence electrons. The summed E-state index contributed by atoms with van der Waals surface area (Å²) in [6, 6.07) is 0.0474. The van der Waals surface area contributed by atoms with Gasteiger partial charge in [-0.05, 0) is 19.4 Å². The highest BCUT2D eigenvalue weighted by molar-refractivity contribution is 5.70. The number of hydrogen-bond acceptors (Lipinski definition) is 2. The van der Waals surface area contributed by atoms with Crippen molar-refractivity contribution in [3.63, 3.8) is 0 Å². The van der Waals surface area contributed by atoms with E-state index in [9.17, 15) is 4.79 Å². The van der Waals surface area contributed by atoms with Crippen molar-refractivity contribution >= 4 is 6.09 Å². The predicted octanol–water partition coefficient (Wildman–Crippen LogP) is 1.62. The lowest BCUT2D eigenvalue weighted by Crippen LogP contribution is -2.29. The largest absolute Gasteiger partial charge is 0.440 e. The molecule has 0 aromatic carbocycles. The molecule has 0 spiro atoms. The van der Waals surface area contributed by atoms with Gasteiger partial charge in [0.25, 0.3) is 0 Å². The van der Waals surface area contributed by atoms with Gasteiger partial charge in [-0.1, -0.05) is 12.2 Å². The smallest absolute Gasteiger partial charge is 0.408 e. The van der Waals surface area contributed by atoms with Crippen molar-refractivity contribution in [3.8, 4) is 0 Å². The summed E-state index contributed by atoms with van der Waals surface area (Å²) < 4.78 is 4.98. The van der Waals surface area contributed by atoms with E-state index >= 15 is 0 Å². The first-order valence-corrected chi connectivity index (χ1v) is 3.98. The maximum atomic E-state index is 10.8. The quantitative estimate of drug-likeness (QED) is 0.648. The van der Waals surface area contributed by atoms with Crippen molar-refractivity contribution in [2.45, 2.75) is 25.5 Å². The molecule has 0 unspecified atom stereocenters. The highest BCUT2D eigenvalue weighted by atomic mass is 16.6. The van der Waals surface area contributed by atoms with E-state index in [1.54, 1.807) is 6.08 Å². The number of ether oxygens (including phenoxy) is 1. The minimum Gasteiger partial charge on any atom is -0.440 e. The van der Waals surface area contributed by atoms with E-state index in [2.05, 4.69) is 11.9 Å². The van der Waals surface area contributed by atoms with Crippen molar-refractivity contribution < 1.29 is 9.53 Å². The van der Waals surface area contributed by atoms with Gasteiger partial charge in [-0.3, -0.25) is 0 Å². The van der Waals surface area contributed by atoms with E-state index in [4.69, 9.17) is 4.74 Å². The van der Waals surface area contributed by atoms with Crippen LogP contribution in [-0.2, 0) is 4.74 Å². The zero-order valence-corrected chi connectivity index (χ0v) is 7.12. The van der Waals surface area contributed by atoms with E-state index < -0.39 is 0 Å². The Balaban J connectivity index is 2.58. The molecule has 1 amide bonds. The molecule has 0 aromatic rings. The zero-order valence-electron chi connectivity index (χ0n) is 7.12. The summed E-state index contributed by atoms with van der Waals surface area (Å²) >= 11 is 0. The molecular formula is C9H13NO2. The second-order valence-corrected chi connectivity index (χ2v) is 2.67. The van der Waals surface area contributed by atoms with Crippen LogP contribution in [0.3, 0.4) is 0 Å². The second kappa shape index (κ2) is 3.95. The molecule has 3 heteroatoms. The van der Waals surface area contributed by atoms with Crippen molar-refractivity contribution in [3.05, 3.63) is 24.8 Å². The van der Waals surface area contributed by atoms with Crippen LogP contribution >= 0.6 is 0 Å². The Bertz CT molecular complexity index is 211. The lowest BCUT2D eigenvalue weighted by molar-refractivity contribution is 0.153. The normalized spacial score (nSPS) is 28.6. The molecule has 1 aliphatic heterocycles. The van der Waals surface area contributed by atoms with Crippen molar-refractivity contribution in [1.82, 2.24) is 5.32 Å². The number of alkyl carbamates (subject to hydrolysis) is 1. The van der Waals surface area contributed by atoms with Gasteiger partial charge in [-0.2, -0.15) is 0 Å². The Labute approximate surface area is 72.1 Å². The van der Waals surface area contributed by atoms with Gasteiger partial charge in [0.15, 0.2) is 0 Å². The summed E-state index contributed by atoms with van der Waals surface area (Å²) in [5.74, 6) is 0. The Morgan fingerprint density at radius 3 is 3.08 bits per heavy atom. The highest BCUT2D eigenvalue weighted by Gasteiger charge is 2.30. The van der Waals surface area contributed by atoms with Crippen LogP contribution in [0.15, 0.2) is 24.8 Å². The molecule has 0 aliphatic carbocycles. The number of amides is 1. The van der Waals surface area contributed by atoms with Gasteiger partial charge in [0, 0.05) is 0 Å². The van der Waals surface area contributed by atoms with Gasteiger partial charge in [0.2, 0.25) is 0 Å². The third-order valence-corrected chi connectivity index (χ3v) is 1.75. The molecule has 1 heterocycles. The Morgan fingerprint density at radius 2 is 2.50 bits per heavy atom. The van der Waals surface area contributed by atoms with Gasteiger partial charge < -0.3 is 10.1 Å². The summed E-state index contributed by atoms with van der Waals surface area (Å²) in [5.41, 5.74) is 0. The number of hydrogen-bond donors (Lipinski definition) is 1. The Hall–Kier alpha value is -1.25. The van der Waals surface area contributed by atoms with Crippen LogP contribution in [0.25, 0.3) is 0 Å². The molecule has 1 rings (SSSR count). The van der Waals surface area contributed by atoms with Crippen LogP contribution in [0.2, 0.25) is 0 Å². The molecule has 1 aliphatic rings. The van der Waals surface area contributed by atoms with E-state index in [1.807, 2.05) is 19.1 Å². The fourth-order valence-corrected chi connectivity index (χ4v) is 1.21. The Kier molecular flexibility index (Phi) is 2.91. The number of nitrogens with one attached hydrogen (secondary N) is 1. The SMILES string of the molecule is C=CC[C@@H]1NC(=O)O[C@H]1/C=C/C. The Morgan fingerprint density at radius 1 is 1.75 bits per heavy atom. The number of rotatable bonds is 3. The van der Waals surface area contributed by atoms with Crippen LogP contribution in [0, 0.1) is 0 Å². The summed E-state index contributed by atoms with van der Waals surface area (Å²) in [6.45, 7) is 5.51. The third kappa shape index (κ3) is 1.87. The molecule has 1 fully saturated rings. The van der Waals surface area contributed by atoms with Crippen LogP contribution in [0.5, 0.6) is 0 Å². The van der Waals surface area contributed by atoms with Gasteiger partial charge >= 0.3 is 6.09 Å². The number of cyclic esters (lactones) is 1. The standard InChI is InChI=1S/C9H13NO2/c1-3-5-7-8(6-4-2)12-9(11)10-7/h3-4,6-8H,1,5H2,2H3,(H,10,11)/b6-4+/t7-,8-/m0/s1. The van der Waals surface area contributed by atoms with E-state index in [0.717, 1.165) is 6.42 Å². The summed E-state index contributed by atoms with van der Waals surface area (Å²) in [7, 11) is 0. The number of carbonyl (C=O) groups excluding carboxylic acids is 1. The number of allylic oxidation sites excluding steroid dienone is 1. The molecule has 0 saturated carbocycles. The van der Waals surface area contributed by atoms with Gasteiger partial charge in [0.05, 0.1) is 6.04 Å². The molecule has 12 heavy (non-hydrogen) atoms. The fourth-order valence-electron chi connectivity index (χ4n) is 1.21. The molecule has 0 bridgehead atoms. The maximum absolute atomic E-state index is 10.8. The van der Waals surface area contributed by atoms with Crippen LogP contribution in [0.4, 0.5) is 4.79 Å². The van der Waals surface area contributed by atoms with Crippen molar-refractivity contribution in [1.29, 1.82) is 0 Å². The second-order valence-electron chi connectivity index (χ2n) is 2.67. The lowest BCUT2D eigenvalue weighted by atomic mass is 10.1. The van der Waals surface area contributed by atoms with E-state index in [1.165, 1.54) is 0 Å². The fraction of sp³-hybridized carbons (Fsp3) is 0.444. The van der Waals surface area contributed by atoms with Gasteiger partial charge in [0.1, 0.15) is 6.10 Å². The van der Waals surface area contributed by atoms with Crippen LogP contribution in [0.1, 0.15) is 13.3 Å². The minimum atomic E-state index is -0.343. The van der Waals surface area contributed by atoms with Gasteiger partial charge in [-0.25, -0.2) is 4.79 Å². The average molecular weight is 167 g/mol. The summed E-state index contributed by atoms with van der Waals surface area (Å²) in [4.78, 5) is 10.8.